The number of benzene rings is 1. The molecule has 3 aromatic rings. The number of nitrogens with zero attached hydrogens (tertiary/aromatic N) is 4. The van der Waals surface area contributed by atoms with Crippen LogP contribution in [-0.2, 0) is 18.4 Å². The predicted molar refractivity (Wildman–Crippen MR) is 97.5 cm³/mol. The van der Waals surface area contributed by atoms with Crippen molar-refractivity contribution in [3.8, 4) is 0 Å². The molecular weight excluding hydrogens is 316 g/mol. The molecule has 3 heterocycles. The third-order valence-corrected chi connectivity index (χ3v) is 5.12. The highest BCUT2D eigenvalue weighted by Crippen LogP contribution is 2.26. The van der Waals surface area contributed by atoms with Gasteiger partial charge in [0.1, 0.15) is 12.1 Å². The Morgan fingerprint density at radius 3 is 2.56 bits per heavy atom. The first kappa shape index (κ1) is 15.9. The molecule has 1 saturated heterocycles. The van der Waals surface area contributed by atoms with Gasteiger partial charge in [-0.05, 0) is 18.9 Å². The number of likely N-dealkylation sites (tertiary alicyclic amines) is 1. The van der Waals surface area contributed by atoms with Crippen molar-refractivity contribution in [2.75, 3.05) is 13.1 Å². The topological polar surface area (TPSA) is 60.1 Å². The summed E-state index contributed by atoms with van der Waals surface area (Å²) in [6.07, 6.45) is 6.21. The largest absolute Gasteiger partial charge is 0.341 e. The zero-order valence-electron chi connectivity index (χ0n) is 14.4. The van der Waals surface area contributed by atoms with E-state index in [1.54, 1.807) is 13.2 Å². The van der Waals surface area contributed by atoms with Gasteiger partial charge in [0.25, 0.3) is 5.56 Å². The highest BCUT2D eigenvalue weighted by atomic mass is 16.2. The third-order valence-electron chi connectivity index (χ3n) is 5.12. The summed E-state index contributed by atoms with van der Waals surface area (Å²) in [6, 6.07) is 7.82. The van der Waals surface area contributed by atoms with Crippen molar-refractivity contribution < 1.29 is 4.79 Å². The molecule has 2 aromatic heterocycles. The lowest BCUT2D eigenvalue weighted by molar-refractivity contribution is -0.131. The maximum absolute atomic E-state index is 12.9. The van der Waals surface area contributed by atoms with E-state index in [0.717, 1.165) is 42.2 Å². The van der Waals surface area contributed by atoms with E-state index in [2.05, 4.69) is 5.10 Å². The molecule has 130 valence electrons. The van der Waals surface area contributed by atoms with Crippen LogP contribution in [0.1, 0.15) is 25.7 Å². The van der Waals surface area contributed by atoms with Crippen LogP contribution in [0, 0.1) is 0 Å². The van der Waals surface area contributed by atoms with E-state index in [1.165, 1.54) is 17.5 Å². The Morgan fingerprint density at radius 2 is 1.80 bits per heavy atom. The van der Waals surface area contributed by atoms with Crippen LogP contribution in [-0.4, -0.2) is 38.2 Å². The second-order valence-electron chi connectivity index (χ2n) is 6.73. The third kappa shape index (κ3) is 2.71. The van der Waals surface area contributed by atoms with Crippen molar-refractivity contribution in [3.05, 3.63) is 40.8 Å². The number of carbonyl (C=O) groups excluding carboxylic acids is 1. The van der Waals surface area contributed by atoms with Crippen molar-refractivity contribution in [1.29, 1.82) is 0 Å². The minimum atomic E-state index is -0.169. The Labute approximate surface area is 145 Å². The minimum Gasteiger partial charge on any atom is -0.341 e. The van der Waals surface area contributed by atoms with Crippen molar-refractivity contribution in [2.24, 2.45) is 7.05 Å². The van der Waals surface area contributed by atoms with Crippen molar-refractivity contribution >= 4 is 27.7 Å². The Morgan fingerprint density at radius 1 is 1.08 bits per heavy atom. The monoisotopic (exact) mass is 338 g/mol. The van der Waals surface area contributed by atoms with E-state index in [4.69, 9.17) is 0 Å². The highest BCUT2D eigenvalue weighted by molar-refractivity contribution is 6.07. The standard InChI is InChI=1S/C19H22N4O2/c1-21-19(25)18-15(12-20-21)14-8-4-5-9-16(14)23(18)13-17(24)22-10-6-2-3-7-11-22/h4-5,8-9,12H,2-3,6-7,10-11,13H2,1H3. The Hall–Kier alpha value is -2.63. The number of hydrogen-bond acceptors (Lipinski definition) is 3. The number of rotatable bonds is 2. The van der Waals surface area contributed by atoms with Crippen molar-refractivity contribution in [2.45, 2.75) is 32.2 Å². The van der Waals surface area contributed by atoms with E-state index in [1.807, 2.05) is 33.7 Å². The Kier molecular flexibility index (Phi) is 4.03. The lowest BCUT2D eigenvalue weighted by Gasteiger charge is -2.21. The zero-order valence-corrected chi connectivity index (χ0v) is 14.4. The van der Waals surface area contributed by atoms with E-state index in [0.29, 0.717) is 5.52 Å². The summed E-state index contributed by atoms with van der Waals surface area (Å²) < 4.78 is 3.19. The average Bonchev–Trinajstić information content (AvgIpc) is 2.79. The maximum Gasteiger partial charge on any atom is 0.291 e. The van der Waals surface area contributed by atoms with Crippen LogP contribution >= 0.6 is 0 Å². The summed E-state index contributed by atoms with van der Waals surface area (Å²) in [5.74, 6) is 0.0865. The van der Waals surface area contributed by atoms with Gasteiger partial charge >= 0.3 is 0 Å². The van der Waals surface area contributed by atoms with E-state index in [-0.39, 0.29) is 18.0 Å². The summed E-state index contributed by atoms with van der Waals surface area (Å²) >= 11 is 0. The smallest absolute Gasteiger partial charge is 0.291 e. The summed E-state index contributed by atoms with van der Waals surface area (Å²) in [4.78, 5) is 27.5. The molecule has 0 saturated carbocycles. The molecule has 1 aromatic carbocycles. The first-order valence-corrected chi connectivity index (χ1v) is 8.88. The molecule has 0 atom stereocenters. The molecule has 1 aliphatic rings. The molecule has 0 aliphatic carbocycles. The normalized spacial score (nSPS) is 15.6. The second kappa shape index (κ2) is 6.35. The summed E-state index contributed by atoms with van der Waals surface area (Å²) in [7, 11) is 1.64. The molecule has 6 nitrogen and oxygen atoms in total. The number of para-hydroxylation sites is 1. The van der Waals surface area contributed by atoms with Crippen LogP contribution in [0.5, 0.6) is 0 Å². The van der Waals surface area contributed by atoms with Gasteiger partial charge in [-0.25, -0.2) is 4.68 Å². The van der Waals surface area contributed by atoms with Crippen LogP contribution in [0.4, 0.5) is 0 Å². The second-order valence-corrected chi connectivity index (χ2v) is 6.73. The fourth-order valence-electron chi connectivity index (χ4n) is 3.76. The summed E-state index contributed by atoms with van der Waals surface area (Å²) in [5, 5.41) is 5.92. The summed E-state index contributed by atoms with van der Waals surface area (Å²) in [6.45, 7) is 1.83. The van der Waals surface area contributed by atoms with Crippen LogP contribution in [0.3, 0.4) is 0 Å². The first-order valence-electron chi connectivity index (χ1n) is 8.88. The van der Waals surface area contributed by atoms with Gasteiger partial charge in [0, 0.05) is 36.4 Å². The first-order chi connectivity index (χ1) is 12.2. The van der Waals surface area contributed by atoms with Crippen LogP contribution in [0.25, 0.3) is 21.8 Å². The van der Waals surface area contributed by atoms with Crippen molar-refractivity contribution in [3.63, 3.8) is 0 Å². The van der Waals surface area contributed by atoms with Gasteiger partial charge < -0.3 is 9.47 Å². The van der Waals surface area contributed by atoms with Gasteiger partial charge in [-0.15, -0.1) is 0 Å². The maximum atomic E-state index is 12.9. The van der Waals surface area contributed by atoms with E-state index in [9.17, 15) is 9.59 Å². The lowest BCUT2D eigenvalue weighted by Crippen LogP contribution is -2.35. The molecule has 1 aliphatic heterocycles. The minimum absolute atomic E-state index is 0.0865. The predicted octanol–water partition coefficient (Wildman–Crippen LogP) is 2.29. The van der Waals surface area contributed by atoms with Crippen LogP contribution < -0.4 is 5.56 Å². The van der Waals surface area contributed by atoms with Gasteiger partial charge in [-0.2, -0.15) is 5.10 Å². The van der Waals surface area contributed by atoms with Gasteiger partial charge in [0.2, 0.25) is 5.91 Å². The fourth-order valence-corrected chi connectivity index (χ4v) is 3.76. The molecular formula is C19H22N4O2. The SMILES string of the molecule is Cn1ncc2c3ccccc3n(CC(=O)N3CCCCCC3)c2c1=O. The van der Waals surface area contributed by atoms with Crippen LogP contribution in [0.15, 0.2) is 35.3 Å². The number of carbonyl (C=O) groups is 1. The highest BCUT2D eigenvalue weighted by Gasteiger charge is 2.20. The molecule has 25 heavy (non-hydrogen) atoms. The number of amides is 1. The average molecular weight is 338 g/mol. The van der Waals surface area contributed by atoms with Gasteiger partial charge in [-0.3, -0.25) is 9.59 Å². The molecule has 0 bridgehead atoms. The van der Waals surface area contributed by atoms with E-state index < -0.39 is 0 Å². The number of hydrogen-bond donors (Lipinski definition) is 0. The zero-order chi connectivity index (χ0) is 17.4. The molecule has 4 rings (SSSR count). The van der Waals surface area contributed by atoms with Gasteiger partial charge in [0.15, 0.2) is 0 Å². The molecule has 0 spiro atoms. The molecule has 1 amide bonds. The number of fused-ring (bicyclic) bond motifs is 3. The molecule has 6 heteroatoms. The fraction of sp³-hybridized carbons (Fsp3) is 0.421. The quantitative estimate of drug-likeness (QED) is 0.720. The number of aromatic nitrogens is 3. The van der Waals surface area contributed by atoms with Gasteiger partial charge in [-0.1, -0.05) is 31.0 Å². The van der Waals surface area contributed by atoms with E-state index >= 15 is 0 Å². The van der Waals surface area contributed by atoms with Crippen molar-refractivity contribution in [1.82, 2.24) is 19.2 Å². The van der Waals surface area contributed by atoms with Crippen LogP contribution in [0.2, 0.25) is 0 Å². The van der Waals surface area contributed by atoms with Gasteiger partial charge in [0.05, 0.1) is 6.20 Å². The molecule has 0 radical (unpaired) electrons. The summed E-state index contributed by atoms with van der Waals surface area (Å²) in [5.41, 5.74) is 1.30. The Bertz CT molecular complexity index is 994. The number of aryl methyl sites for hydroxylation is 1. The molecule has 1 fully saturated rings. The lowest BCUT2D eigenvalue weighted by atomic mass is 10.2. The molecule has 0 N–H and O–H groups in total. The molecule has 0 unspecified atom stereocenters. The Balaban J connectivity index is 1.83.